The molecule has 0 N–H and O–H groups in total. The third-order valence-corrected chi connectivity index (χ3v) is 6.48. The second kappa shape index (κ2) is 9.96. The summed E-state index contributed by atoms with van der Waals surface area (Å²) in [5.41, 5.74) is 2.91. The van der Waals surface area contributed by atoms with Crippen molar-refractivity contribution in [3.63, 3.8) is 0 Å². The maximum atomic E-state index is 6.16. The highest BCUT2D eigenvalue weighted by Gasteiger charge is 2.17. The van der Waals surface area contributed by atoms with Gasteiger partial charge in [-0.2, -0.15) is 0 Å². The average Bonchev–Trinajstić information content (AvgIpc) is 3.20. The minimum atomic E-state index is 0.537. The Bertz CT molecular complexity index is 1180. The highest BCUT2D eigenvalue weighted by atomic mass is 35.5. The van der Waals surface area contributed by atoms with E-state index in [4.69, 9.17) is 39.5 Å². The summed E-state index contributed by atoms with van der Waals surface area (Å²) in [7, 11) is 0. The van der Waals surface area contributed by atoms with Gasteiger partial charge in [-0.15, -0.1) is 10.2 Å². The Labute approximate surface area is 200 Å². The molecule has 0 amide bonds. The van der Waals surface area contributed by atoms with Gasteiger partial charge in [-0.3, -0.25) is 4.57 Å². The third kappa shape index (κ3) is 5.18. The van der Waals surface area contributed by atoms with Gasteiger partial charge in [-0.1, -0.05) is 52.6 Å². The van der Waals surface area contributed by atoms with E-state index >= 15 is 0 Å². The van der Waals surface area contributed by atoms with Crippen molar-refractivity contribution in [1.29, 1.82) is 0 Å². The molecule has 0 unspecified atom stereocenters. The monoisotopic (exact) mass is 489 g/mol. The third-order valence-electron chi connectivity index (χ3n) is 4.49. The molecule has 8 heteroatoms. The molecule has 31 heavy (non-hydrogen) atoms. The van der Waals surface area contributed by atoms with Crippen LogP contribution in [0, 0.1) is 0 Å². The summed E-state index contributed by atoms with van der Waals surface area (Å²) in [4.78, 5) is 0. The van der Waals surface area contributed by atoms with Gasteiger partial charge in [0.2, 0.25) is 0 Å². The summed E-state index contributed by atoms with van der Waals surface area (Å²) >= 11 is 19.8. The van der Waals surface area contributed by atoms with Gasteiger partial charge in [-0.05, 0) is 73.2 Å². The Kier molecular flexibility index (Phi) is 7.08. The second-order valence-electron chi connectivity index (χ2n) is 6.61. The summed E-state index contributed by atoms with van der Waals surface area (Å²) in [6.07, 6.45) is 0. The normalized spacial score (nSPS) is 11.0. The fourth-order valence-electron chi connectivity index (χ4n) is 3.02. The summed E-state index contributed by atoms with van der Waals surface area (Å²) in [5, 5.41) is 11.4. The molecule has 0 saturated heterocycles. The Hall–Kier alpha value is -2.18. The zero-order valence-electron chi connectivity index (χ0n) is 16.6. The minimum Gasteiger partial charge on any atom is -0.494 e. The first-order valence-corrected chi connectivity index (χ1v) is 11.7. The molecular weight excluding hydrogens is 473 g/mol. The first-order chi connectivity index (χ1) is 15.0. The lowest BCUT2D eigenvalue weighted by molar-refractivity contribution is 0.340. The lowest BCUT2D eigenvalue weighted by Crippen LogP contribution is -2.00. The predicted molar refractivity (Wildman–Crippen MR) is 129 cm³/mol. The van der Waals surface area contributed by atoms with E-state index in [0.29, 0.717) is 27.4 Å². The van der Waals surface area contributed by atoms with Crippen molar-refractivity contribution in [2.24, 2.45) is 0 Å². The van der Waals surface area contributed by atoms with Crippen LogP contribution in [0.4, 0.5) is 0 Å². The van der Waals surface area contributed by atoms with Crippen LogP contribution in [0.25, 0.3) is 17.1 Å². The SMILES string of the molecule is CCOc1ccc(-n2c(SCc3ccc(Cl)c(Cl)c3)nnc2-c2ccc(Cl)cc2)cc1. The molecule has 0 aliphatic rings. The number of nitrogens with zero attached hydrogens (tertiary/aromatic N) is 3. The number of aromatic nitrogens is 3. The van der Waals surface area contributed by atoms with Crippen molar-refractivity contribution in [1.82, 2.24) is 14.8 Å². The van der Waals surface area contributed by atoms with Gasteiger partial charge in [0.15, 0.2) is 11.0 Å². The number of thioether (sulfide) groups is 1. The van der Waals surface area contributed by atoms with E-state index in [-0.39, 0.29) is 0 Å². The van der Waals surface area contributed by atoms with E-state index in [1.807, 2.05) is 72.2 Å². The van der Waals surface area contributed by atoms with Crippen molar-refractivity contribution in [2.75, 3.05) is 6.61 Å². The fourth-order valence-corrected chi connectivity index (χ4v) is 4.36. The van der Waals surface area contributed by atoms with Crippen LogP contribution in [0.5, 0.6) is 5.75 Å². The molecule has 4 aromatic rings. The Morgan fingerprint density at radius 1 is 0.871 bits per heavy atom. The molecule has 0 bridgehead atoms. The van der Waals surface area contributed by atoms with Crippen molar-refractivity contribution in [3.05, 3.63) is 87.4 Å². The van der Waals surface area contributed by atoms with Gasteiger partial charge in [0.05, 0.1) is 16.7 Å². The lowest BCUT2D eigenvalue weighted by atomic mass is 10.2. The van der Waals surface area contributed by atoms with E-state index < -0.39 is 0 Å². The van der Waals surface area contributed by atoms with E-state index in [0.717, 1.165) is 33.5 Å². The van der Waals surface area contributed by atoms with Crippen LogP contribution in [0.15, 0.2) is 71.9 Å². The molecule has 4 rings (SSSR count). The topological polar surface area (TPSA) is 39.9 Å². The van der Waals surface area contributed by atoms with E-state index in [1.165, 1.54) is 0 Å². The number of benzene rings is 3. The molecule has 4 nitrogen and oxygen atoms in total. The van der Waals surface area contributed by atoms with Crippen LogP contribution in [0.1, 0.15) is 12.5 Å². The Morgan fingerprint density at radius 3 is 2.29 bits per heavy atom. The Morgan fingerprint density at radius 2 is 1.61 bits per heavy atom. The first-order valence-electron chi connectivity index (χ1n) is 9.56. The van der Waals surface area contributed by atoms with Crippen LogP contribution in [-0.4, -0.2) is 21.4 Å². The maximum absolute atomic E-state index is 6.16. The van der Waals surface area contributed by atoms with Crippen LogP contribution >= 0.6 is 46.6 Å². The number of hydrogen-bond donors (Lipinski definition) is 0. The molecule has 1 heterocycles. The summed E-state index contributed by atoms with van der Waals surface area (Å²) in [5.74, 6) is 2.22. The average molecular weight is 491 g/mol. The van der Waals surface area contributed by atoms with Gasteiger partial charge in [-0.25, -0.2) is 0 Å². The standard InChI is InChI=1S/C23H18Cl3N3OS/c1-2-30-19-10-8-18(9-11-19)29-22(16-4-6-17(24)7-5-16)27-28-23(29)31-14-15-3-12-20(25)21(26)13-15/h3-13H,2,14H2,1H3. The predicted octanol–water partition coefficient (Wildman–Crippen LogP) is 7.59. The van der Waals surface area contributed by atoms with E-state index in [9.17, 15) is 0 Å². The number of ether oxygens (including phenoxy) is 1. The van der Waals surface area contributed by atoms with E-state index in [2.05, 4.69) is 10.2 Å². The van der Waals surface area contributed by atoms with Crippen LogP contribution < -0.4 is 4.74 Å². The molecule has 1 aromatic heterocycles. The lowest BCUT2D eigenvalue weighted by Gasteiger charge is -2.12. The molecule has 0 saturated carbocycles. The quantitative estimate of drug-likeness (QED) is 0.250. The van der Waals surface area contributed by atoms with Crippen LogP contribution in [0.3, 0.4) is 0 Å². The molecule has 0 atom stereocenters. The molecule has 0 spiro atoms. The van der Waals surface area contributed by atoms with Gasteiger partial charge in [0.1, 0.15) is 5.75 Å². The zero-order valence-corrected chi connectivity index (χ0v) is 19.6. The number of rotatable bonds is 7. The molecule has 158 valence electrons. The highest BCUT2D eigenvalue weighted by Crippen LogP contribution is 2.32. The molecule has 0 aliphatic heterocycles. The summed E-state index contributed by atoms with van der Waals surface area (Å²) in [6.45, 7) is 2.58. The fraction of sp³-hybridized carbons (Fsp3) is 0.130. The van der Waals surface area contributed by atoms with Gasteiger partial charge in [0.25, 0.3) is 0 Å². The molecule has 3 aromatic carbocycles. The minimum absolute atomic E-state index is 0.537. The smallest absolute Gasteiger partial charge is 0.196 e. The van der Waals surface area contributed by atoms with Crippen molar-refractivity contribution >= 4 is 46.6 Å². The first kappa shape index (κ1) is 22.0. The van der Waals surface area contributed by atoms with Gasteiger partial charge >= 0.3 is 0 Å². The van der Waals surface area contributed by atoms with Crippen molar-refractivity contribution in [2.45, 2.75) is 17.8 Å². The van der Waals surface area contributed by atoms with Gasteiger partial charge < -0.3 is 4.74 Å². The largest absolute Gasteiger partial charge is 0.494 e. The Balaban J connectivity index is 1.70. The second-order valence-corrected chi connectivity index (χ2v) is 8.81. The van der Waals surface area contributed by atoms with Crippen LogP contribution in [0.2, 0.25) is 15.1 Å². The van der Waals surface area contributed by atoms with Crippen molar-refractivity contribution in [3.8, 4) is 22.8 Å². The van der Waals surface area contributed by atoms with Crippen molar-refractivity contribution < 1.29 is 4.74 Å². The molecule has 0 aliphatic carbocycles. The molecule has 0 radical (unpaired) electrons. The number of hydrogen-bond acceptors (Lipinski definition) is 4. The highest BCUT2D eigenvalue weighted by molar-refractivity contribution is 7.98. The van der Waals surface area contributed by atoms with Crippen LogP contribution in [-0.2, 0) is 5.75 Å². The zero-order chi connectivity index (χ0) is 21.8. The maximum Gasteiger partial charge on any atom is 0.196 e. The summed E-state index contributed by atoms with van der Waals surface area (Å²) < 4.78 is 7.61. The number of halogens is 3. The molecule has 0 fully saturated rings. The summed E-state index contributed by atoms with van der Waals surface area (Å²) in [6, 6.07) is 21.1. The molecular formula is C23H18Cl3N3OS. The van der Waals surface area contributed by atoms with Gasteiger partial charge in [0, 0.05) is 22.0 Å². The van der Waals surface area contributed by atoms with E-state index in [1.54, 1.807) is 17.8 Å².